The number of fused-ring (bicyclic) bond motifs is 1. The van der Waals surface area contributed by atoms with E-state index in [-0.39, 0.29) is 5.91 Å². The minimum absolute atomic E-state index is 0.0576. The Bertz CT molecular complexity index is 992. The number of hydrogen-bond acceptors (Lipinski definition) is 1. The predicted octanol–water partition coefficient (Wildman–Crippen LogP) is 3.70. The minimum atomic E-state index is -0.0576. The van der Waals surface area contributed by atoms with E-state index >= 15 is 0 Å². The molecule has 0 saturated carbocycles. The Balaban J connectivity index is 1.39. The van der Waals surface area contributed by atoms with Crippen LogP contribution in [-0.2, 0) is 19.5 Å². The first-order valence-corrected chi connectivity index (χ1v) is 9.96. The average molecular weight is 372 g/mol. The third-order valence-corrected chi connectivity index (χ3v) is 5.61. The number of carbonyl (C=O) groups excluding carboxylic acids is 1. The Kier molecular flexibility index (Phi) is 5.27. The number of aryl methyl sites for hydroxylation is 2. The summed E-state index contributed by atoms with van der Waals surface area (Å²) in [5.74, 6) is -0.0576. The standard InChI is InChI=1S/C25H26N2O/c1-18-7-12-24(19(2)15-18)26-25(28)22-10-8-20(9-11-22)16-27-14-13-21-5-3-4-6-23(21)17-27/h3-12,15H,13-14,16-17H2,1-2H3,(H,26,28)/p+1. The lowest BCUT2D eigenvalue weighted by atomic mass is 9.99. The highest BCUT2D eigenvalue weighted by Crippen LogP contribution is 2.17. The van der Waals surface area contributed by atoms with Gasteiger partial charge in [0.15, 0.2) is 0 Å². The van der Waals surface area contributed by atoms with Crippen molar-refractivity contribution in [3.63, 3.8) is 0 Å². The van der Waals surface area contributed by atoms with Gasteiger partial charge < -0.3 is 10.2 Å². The van der Waals surface area contributed by atoms with Crippen molar-refractivity contribution < 1.29 is 9.69 Å². The first-order valence-electron chi connectivity index (χ1n) is 9.96. The van der Waals surface area contributed by atoms with Gasteiger partial charge in [0.05, 0.1) is 6.54 Å². The molecule has 0 bridgehead atoms. The molecule has 1 atom stereocenters. The van der Waals surface area contributed by atoms with Crippen molar-refractivity contribution in [3.8, 4) is 0 Å². The van der Waals surface area contributed by atoms with E-state index in [1.807, 2.05) is 31.2 Å². The van der Waals surface area contributed by atoms with Crippen LogP contribution in [0.5, 0.6) is 0 Å². The fraction of sp³-hybridized carbons (Fsp3) is 0.240. The third-order valence-electron chi connectivity index (χ3n) is 5.61. The summed E-state index contributed by atoms with van der Waals surface area (Å²) < 4.78 is 0. The maximum Gasteiger partial charge on any atom is 0.255 e. The molecule has 0 aromatic heterocycles. The Morgan fingerprint density at radius 3 is 2.46 bits per heavy atom. The fourth-order valence-electron chi connectivity index (χ4n) is 4.00. The van der Waals surface area contributed by atoms with Gasteiger partial charge in [0.1, 0.15) is 13.1 Å². The first-order chi connectivity index (χ1) is 13.6. The molecule has 0 fully saturated rings. The number of anilines is 1. The maximum atomic E-state index is 12.6. The van der Waals surface area contributed by atoms with Crippen LogP contribution < -0.4 is 10.2 Å². The highest BCUT2D eigenvalue weighted by Gasteiger charge is 2.19. The number of benzene rings is 3. The second-order valence-corrected chi connectivity index (χ2v) is 7.84. The number of hydrogen-bond donors (Lipinski definition) is 2. The van der Waals surface area contributed by atoms with Crippen molar-refractivity contribution in [1.82, 2.24) is 0 Å². The van der Waals surface area contributed by atoms with Gasteiger partial charge in [0.25, 0.3) is 5.91 Å². The van der Waals surface area contributed by atoms with Gasteiger partial charge in [-0.3, -0.25) is 4.79 Å². The number of amides is 1. The Morgan fingerprint density at radius 2 is 1.71 bits per heavy atom. The lowest BCUT2D eigenvalue weighted by Gasteiger charge is -2.26. The van der Waals surface area contributed by atoms with Crippen molar-refractivity contribution in [2.24, 2.45) is 0 Å². The zero-order valence-electron chi connectivity index (χ0n) is 16.6. The van der Waals surface area contributed by atoms with E-state index in [2.05, 4.69) is 54.7 Å². The smallest absolute Gasteiger partial charge is 0.255 e. The lowest BCUT2D eigenvalue weighted by Crippen LogP contribution is -3.10. The molecule has 1 heterocycles. The van der Waals surface area contributed by atoms with Crippen molar-refractivity contribution >= 4 is 11.6 Å². The number of nitrogens with one attached hydrogen (secondary N) is 2. The van der Waals surface area contributed by atoms with Crippen molar-refractivity contribution in [3.05, 3.63) is 100 Å². The van der Waals surface area contributed by atoms with Crippen LogP contribution in [0.15, 0.2) is 66.7 Å². The van der Waals surface area contributed by atoms with Gasteiger partial charge in [-0.1, -0.05) is 54.1 Å². The monoisotopic (exact) mass is 371 g/mol. The summed E-state index contributed by atoms with van der Waals surface area (Å²) in [5, 5.41) is 3.02. The van der Waals surface area contributed by atoms with E-state index in [1.165, 1.54) is 22.3 Å². The highest BCUT2D eigenvalue weighted by molar-refractivity contribution is 6.04. The van der Waals surface area contributed by atoms with E-state index in [4.69, 9.17) is 0 Å². The topological polar surface area (TPSA) is 33.5 Å². The van der Waals surface area contributed by atoms with Crippen LogP contribution in [0.3, 0.4) is 0 Å². The number of rotatable bonds is 4. The molecule has 1 unspecified atom stereocenters. The molecule has 142 valence electrons. The largest absolute Gasteiger partial charge is 0.327 e. The van der Waals surface area contributed by atoms with Gasteiger partial charge in [-0.15, -0.1) is 0 Å². The molecule has 0 spiro atoms. The molecule has 1 aliphatic rings. The summed E-state index contributed by atoms with van der Waals surface area (Å²) in [6.07, 6.45) is 1.14. The molecule has 2 N–H and O–H groups in total. The summed E-state index contributed by atoms with van der Waals surface area (Å²) in [6.45, 7) is 7.30. The second-order valence-electron chi connectivity index (χ2n) is 7.84. The van der Waals surface area contributed by atoms with Crippen LogP contribution >= 0.6 is 0 Å². The van der Waals surface area contributed by atoms with Gasteiger partial charge in [-0.2, -0.15) is 0 Å². The van der Waals surface area contributed by atoms with Crippen molar-refractivity contribution in [1.29, 1.82) is 0 Å². The van der Waals surface area contributed by atoms with E-state index in [0.29, 0.717) is 5.56 Å². The molecule has 1 amide bonds. The summed E-state index contributed by atoms with van der Waals surface area (Å²) in [6, 6.07) is 22.9. The summed E-state index contributed by atoms with van der Waals surface area (Å²) >= 11 is 0. The average Bonchev–Trinajstić information content (AvgIpc) is 2.70. The Morgan fingerprint density at radius 1 is 0.964 bits per heavy atom. The van der Waals surface area contributed by atoms with Crippen LogP contribution in [0.4, 0.5) is 5.69 Å². The summed E-state index contributed by atoms with van der Waals surface area (Å²) in [4.78, 5) is 14.1. The normalized spacial score (nSPS) is 15.7. The summed E-state index contributed by atoms with van der Waals surface area (Å²) in [7, 11) is 0. The molecule has 0 radical (unpaired) electrons. The van der Waals surface area contributed by atoms with Crippen LogP contribution in [0.25, 0.3) is 0 Å². The Labute approximate surface area is 167 Å². The van der Waals surface area contributed by atoms with Gasteiger partial charge >= 0.3 is 0 Å². The first kappa shape index (κ1) is 18.5. The fourth-order valence-corrected chi connectivity index (χ4v) is 4.00. The molecular weight excluding hydrogens is 344 g/mol. The van der Waals surface area contributed by atoms with Crippen molar-refractivity contribution in [2.75, 3.05) is 11.9 Å². The SMILES string of the molecule is Cc1ccc(NC(=O)c2ccc(C[NH+]3CCc4ccccc4C3)cc2)c(C)c1. The maximum absolute atomic E-state index is 12.6. The quantitative estimate of drug-likeness (QED) is 0.720. The Hall–Kier alpha value is -2.91. The lowest BCUT2D eigenvalue weighted by molar-refractivity contribution is -0.929. The van der Waals surface area contributed by atoms with E-state index in [0.717, 1.165) is 37.3 Å². The van der Waals surface area contributed by atoms with E-state index in [9.17, 15) is 4.79 Å². The molecule has 0 aliphatic carbocycles. The minimum Gasteiger partial charge on any atom is -0.327 e. The zero-order chi connectivity index (χ0) is 19.5. The van der Waals surface area contributed by atoms with Gasteiger partial charge in [-0.25, -0.2) is 0 Å². The number of quaternary nitrogens is 1. The molecule has 4 rings (SSSR count). The molecule has 28 heavy (non-hydrogen) atoms. The van der Waals surface area contributed by atoms with Crippen LogP contribution in [0, 0.1) is 13.8 Å². The van der Waals surface area contributed by atoms with Gasteiger partial charge in [-0.05, 0) is 43.2 Å². The molecule has 0 saturated heterocycles. The molecule has 3 nitrogen and oxygen atoms in total. The van der Waals surface area contributed by atoms with Gasteiger partial charge in [0.2, 0.25) is 0 Å². The third kappa shape index (κ3) is 4.15. The molecule has 3 heteroatoms. The molecular formula is C25H27N2O+. The van der Waals surface area contributed by atoms with Gasteiger partial charge in [0, 0.05) is 28.8 Å². The van der Waals surface area contributed by atoms with E-state index in [1.54, 1.807) is 4.90 Å². The molecule has 3 aromatic rings. The number of carbonyl (C=O) groups is 1. The zero-order valence-corrected chi connectivity index (χ0v) is 16.6. The van der Waals surface area contributed by atoms with E-state index < -0.39 is 0 Å². The molecule has 1 aliphatic heterocycles. The van der Waals surface area contributed by atoms with Crippen LogP contribution in [-0.4, -0.2) is 12.5 Å². The van der Waals surface area contributed by atoms with Crippen LogP contribution in [0.2, 0.25) is 0 Å². The highest BCUT2D eigenvalue weighted by atomic mass is 16.1. The van der Waals surface area contributed by atoms with Crippen molar-refractivity contribution in [2.45, 2.75) is 33.4 Å². The van der Waals surface area contributed by atoms with Crippen LogP contribution in [0.1, 0.15) is 38.2 Å². The molecule has 3 aromatic carbocycles. The summed E-state index contributed by atoms with van der Waals surface area (Å²) in [5.41, 5.74) is 8.08. The predicted molar refractivity (Wildman–Crippen MR) is 114 cm³/mol. The second kappa shape index (κ2) is 7.99.